The molecule has 242 valence electrons. The molecular formula is C50H32N2. The van der Waals surface area contributed by atoms with Crippen LogP contribution < -0.4 is 4.90 Å². The van der Waals surface area contributed by atoms with E-state index >= 15 is 0 Å². The number of aromatic nitrogens is 1. The van der Waals surface area contributed by atoms with E-state index < -0.39 is 0 Å². The molecule has 2 nitrogen and oxygen atoms in total. The zero-order valence-corrected chi connectivity index (χ0v) is 28.4. The fraction of sp³-hybridized carbons (Fsp3) is 0. The van der Waals surface area contributed by atoms with Gasteiger partial charge in [-0.05, 0) is 98.4 Å². The average Bonchev–Trinajstić information content (AvgIpc) is 3.73. The minimum atomic E-state index is 1.12. The lowest BCUT2D eigenvalue weighted by Gasteiger charge is -2.28. The van der Waals surface area contributed by atoms with E-state index in [9.17, 15) is 0 Å². The van der Waals surface area contributed by atoms with Crippen LogP contribution in [0.15, 0.2) is 194 Å². The Hall–Kier alpha value is -6.90. The van der Waals surface area contributed by atoms with E-state index in [1.54, 1.807) is 0 Å². The van der Waals surface area contributed by atoms with Crippen LogP contribution >= 0.6 is 0 Å². The quantitative estimate of drug-likeness (QED) is 0.167. The van der Waals surface area contributed by atoms with Crippen LogP contribution in [0.2, 0.25) is 0 Å². The lowest BCUT2D eigenvalue weighted by atomic mass is 9.96. The largest absolute Gasteiger partial charge is 0.310 e. The Bertz CT molecular complexity index is 3010. The van der Waals surface area contributed by atoms with Gasteiger partial charge < -0.3 is 9.47 Å². The molecule has 9 aromatic carbocycles. The second-order valence-electron chi connectivity index (χ2n) is 13.7. The van der Waals surface area contributed by atoms with Gasteiger partial charge in [-0.15, -0.1) is 0 Å². The number of fused-ring (bicyclic) bond motifs is 8. The first-order chi connectivity index (χ1) is 25.8. The van der Waals surface area contributed by atoms with Crippen molar-refractivity contribution in [2.24, 2.45) is 0 Å². The summed E-state index contributed by atoms with van der Waals surface area (Å²) < 4.78 is 2.44. The van der Waals surface area contributed by atoms with Crippen molar-refractivity contribution in [3.63, 3.8) is 0 Å². The SMILES string of the molecule is c1ccc(-c2ccccc2-n2c3ccccc3c3cc(N(c4ccccc4)c4cccc5c4-c4cccc6cc7ccccc7c-5c46)ccc32)cc1. The van der Waals surface area contributed by atoms with Gasteiger partial charge >= 0.3 is 0 Å². The van der Waals surface area contributed by atoms with E-state index in [1.165, 1.54) is 88.1 Å². The summed E-state index contributed by atoms with van der Waals surface area (Å²) in [5.74, 6) is 0. The van der Waals surface area contributed by atoms with Gasteiger partial charge in [0, 0.05) is 33.3 Å². The number of anilines is 3. The third kappa shape index (κ3) is 4.19. The fourth-order valence-electron chi connectivity index (χ4n) is 8.72. The van der Waals surface area contributed by atoms with E-state index in [0.29, 0.717) is 0 Å². The lowest BCUT2D eigenvalue weighted by molar-refractivity contribution is 1.18. The molecule has 0 fully saturated rings. The van der Waals surface area contributed by atoms with E-state index in [2.05, 4.69) is 204 Å². The maximum absolute atomic E-state index is 2.45. The first-order valence-electron chi connectivity index (χ1n) is 17.9. The molecule has 11 rings (SSSR count). The lowest BCUT2D eigenvalue weighted by Crippen LogP contribution is -2.11. The summed E-state index contributed by atoms with van der Waals surface area (Å²) in [6.45, 7) is 0. The van der Waals surface area contributed by atoms with Crippen LogP contribution in [-0.2, 0) is 0 Å². The number of para-hydroxylation sites is 3. The minimum absolute atomic E-state index is 1.12. The van der Waals surface area contributed by atoms with Crippen LogP contribution in [0, 0.1) is 0 Å². The van der Waals surface area contributed by atoms with Gasteiger partial charge in [0.05, 0.1) is 22.4 Å². The van der Waals surface area contributed by atoms with Gasteiger partial charge in [-0.25, -0.2) is 0 Å². The number of rotatable bonds is 5. The van der Waals surface area contributed by atoms with Crippen molar-refractivity contribution in [1.29, 1.82) is 0 Å². The zero-order chi connectivity index (χ0) is 34.2. The van der Waals surface area contributed by atoms with Gasteiger partial charge in [-0.3, -0.25) is 0 Å². The predicted molar refractivity (Wildman–Crippen MR) is 220 cm³/mol. The van der Waals surface area contributed by atoms with Crippen LogP contribution in [0.25, 0.3) is 82.4 Å². The van der Waals surface area contributed by atoms with E-state index in [1.807, 2.05) is 0 Å². The molecule has 0 saturated carbocycles. The maximum Gasteiger partial charge on any atom is 0.0546 e. The molecule has 0 bridgehead atoms. The molecule has 0 spiro atoms. The second-order valence-corrected chi connectivity index (χ2v) is 13.7. The maximum atomic E-state index is 2.45. The third-order valence-corrected chi connectivity index (χ3v) is 10.9. The highest BCUT2D eigenvalue weighted by molar-refractivity contribution is 6.26. The molecule has 2 heteroatoms. The summed E-state index contributed by atoms with van der Waals surface area (Å²) >= 11 is 0. The smallest absolute Gasteiger partial charge is 0.0546 e. The summed E-state index contributed by atoms with van der Waals surface area (Å²) in [5.41, 5.74) is 14.6. The van der Waals surface area contributed by atoms with Gasteiger partial charge in [0.1, 0.15) is 0 Å². The Labute approximate surface area is 302 Å². The number of nitrogens with zero attached hydrogens (tertiary/aromatic N) is 2. The molecule has 0 aliphatic heterocycles. The Morgan fingerprint density at radius 2 is 1.02 bits per heavy atom. The molecule has 0 N–H and O–H groups in total. The van der Waals surface area contributed by atoms with Crippen molar-refractivity contribution in [2.75, 3.05) is 4.90 Å². The Balaban J connectivity index is 1.17. The Kier molecular flexibility index (Phi) is 6.28. The second kappa shape index (κ2) is 11.3. The highest BCUT2D eigenvalue weighted by Gasteiger charge is 2.29. The third-order valence-electron chi connectivity index (χ3n) is 10.9. The molecule has 0 atom stereocenters. The van der Waals surface area contributed by atoms with Crippen LogP contribution in [0.5, 0.6) is 0 Å². The standard InChI is InChI=1S/C50H32N2/c1-3-15-33(16-4-1)38-21-9-11-26-44(38)52-45-27-12-10-23-40(45)43-32-37(29-30-46(43)52)51(36-19-5-2-6-20-36)47-28-14-25-42-49(47)41-24-13-18-35-31-34-17-7-8-22-39(34)50(42)48(35)41/h1-32H. The van der Waals surface area contributed by atoms with Gasteiger partial charge in [0.15, 0.2) is 0 Å². The summed E-state index contributed by atoms with van der Waals surface area (Å²) in [6.07, 6.45) is 0. The number of benzene rings is 9. The molecule has 1 heterocycles. The normalized spacial score (nSPS) is 11.8. The van der Waals surface area contributed by atoms with Gasteiger partial charge in [-0.1, -0.05) is 140 Å². The highest BCUT2D eigenvalue weighted by atomic mass is 15.1. The van der Waals surface area contributed by atoms with E-state index in [0.717, 1.165) is 11.4 Å². The number of hydrogen-bond donors (Lipinski definition) is 0. The Morgan fingerprint density at radius 1 is 0.365 bits per heavy atom. The van der Waals surface area contributed by atoms with Gasteiger partial charge in [0.2, 0.25) is 0 Å². The zero-order valence-electron chi connectivity index (χ0n) is 28.4. The number of hydrogen-bond acceptors (Lipinski definition) is 1. The molecule has 0 unspecified atom stereocenters. The van der Waals surface area contributed by atoms with Crippen molar-refractivity contribution in [3.8, 4) is 39.1 Å². The van der Waals surface area contributed by atoms with Gasteiger partial charge in [-0.2, -0.15) is 0 Å². The predicted octanol–water partition coefficient (Wildman–Crippen LogP) is 13.9. The highest BCUT2D eigenvalue weighted by Crippen LogP contribution is 2.55. The van der Waals surface area contributed by atoms with Crippen molar-refractivity contribution < 1.29 is 0 Å². The molecule has 0 radical (unpaired) electrons. The van der Waals surface area contributed by atoms with E-state index in [4.69, 9.17) is 0 Å². The molecule has 1 aliphatic carbocycles. The van der Waals surface area contributed by atoms with Crippen molar-refractivity contribution in [2.45, 2.75) is 0 Å². The average molecular weight is 661 g/mol. The summed E-state index contributed by atoms with van der Waals surface area (Å²) in [7, 11) is 0. The van der Waals surface area contributed by atoms with Crippen LogP contribution in [-0.4, -0.2) is 4.57 Å². The first-order valence-corrected chi connectivity index (χ1v) is 17.9. The Morgan fingerprint density at radius 3 is 1.90 bits per heavy atom. The van der Waals surface area contributed by atoms with Gasteiger partial charge in [0.25, 0.3) is 0 Å². The summed E-state index contributed by atoms with van der Waals surface area (Å²) in [4.78, 5) is 2.45. The molecule has 0 amide bonds. The van der Waals surface area contributed by atoms with E-state index in [-0.39, 0.29) is 0 Å². The summed E-state index contributed by atoms with van der Waals surface area (Å²) in [6, 6.07) is 70.9. The van der Waals surface area contributed by atoms with Crippen molar-refractivity contribution in [3.05, 3.63) is 194 Å². The van der Waals surface area contributed by atoms with Crippen LogP contribution in [0.4, 0.5) is 17.1 Å². The molecule has 10 aromatic rings. The van der Waals surface area contributed by atoms with Crippen LogP contribution in [0.1, 0.15) is 0 Å². The summed E-state index contributed by atoms with van der Waals surface area (Å²) in [5, 5.41) is 7.65. The molecule has 0 saturated heterocycles. The van der Waals surface area contributed by atoms with Crippen molar-refractivity contribution in [1.82, 2.24) is 4.57 Å². The van der Waals surface area contributed by atoms with Crippen LogP contribution in [0.3, 0.4) is 0 Å². The van der Waals surface area contributed by atoms with Crippen molar-refractivity contribution >= 4 is 60.4 Å². The molecular weight excluding hydrogens is 629 g/mol. The topological polar surface area (TPSA) is 8.17 Å². The monoisotopic (exact) mass is 660 g/mol. The molecule has 1 aromatic heterocycles. The first kappa shape index (κ1) is 28.9. The molecule has 1 aliphatic rings. The minimum Gasteiger partial charge on any atom is -0.310 e. The molecule has 52 heavy (non-hydrogen) atoms. The fourth-order valence-corrected chi connectivity index (χ4v) is 8.72.